The molecule has 0 bridgehead atoms. The number of hydrogen-bond donors (Lipinski definition) is 2. The van der Waals surface area contributed by atoms with Gasteiger partial charge >= 0.3 is 0 Å². The highest BCUT2D eigenvalue weighted by Gasteiger charge is 2.37. The number of likely N-dealkylation sites (tertiary alicyclic amines) is 1. The summed E-state index contributed by atoms with van der Waals surface area (Å²) < 4.78 is 13.5. The second kappa shape index (κ2) is 5.36. The number of fused-ring (bicyclic) bond motifs is 1. The molecule has 0 unspecified atom stereocenters. The summed E-state index contributed by atoms with van der Waals surface area (Å²) in [5, 5.41) is 4.55. The fraction of sp³-hybridized carbons (Fsp3) is 0.556. The van der Waals surface area contributed by atoms with Gasteiger partial charge in [0, 0.05) is 36.2 Å². The summed E-state index contributed by atoms with van der Waals surface area (Å²) in [6.07, 6.45) is 3.95. The first-order valence-electron chi connectivity index (χ1n) is 8.35. The van der Waals surface area contributed by atoms with Crippen LogP contribution in [0.1, 0.15) is 30.5 Å². The van der Waals surface area contributed by atoms with E-state index in [-0.39, 0.29) is 5.82 Å². The molecular formula is C18H24FN3. The molecule has 4 heteroatoms. The van der Waals surface area contributed by atoms with Crippen LogP contribution in [-0.2, 0) is 6.54 Å². The van der Waals surface area contributed by atoms with Crippen LogP contribution in [0.25, 0.3) is 10.9 Å². The lowest BCUT2D eigenvalue weighted by atomic mass is 9.79. The first-order valence-corrected chi connectivity index (χ1v) is 8.35. The number of aryl methyl sites for hydroxylation is 1. The average molecular weight is 301 g/mol. The minimum absolute atomic E-state index is 0.157. The summed E-state index contributed by atoms with van der Waals surface area (Å²) in [5.74, 6) is -0.157. The van der Waals surface area contributed by atoms with Crippen molar-refractivity contribution in [1.82, 2.24) is 15.2 Å². The van der Waals surface area contributed by atoms with Gasteiger partial charge in [-0.25, -0.2) is 4.39 Å². The number of aromatic amines is 1. The van der Waals surface area contributed by atoms with E-state index in [9.17, 15) is 4.39 Å². The Balaban J connectivity index is 1.56. The number of piperidine rings is 1. The summed E-state index contributed by atoms with van der Waals surface area (Å²) in [7, 11) is 0. The average Bonchev–Trinajstić information content (AvgIpc) is 3.06. The zero-order chi connectivity index (χ0) is 15.2. The van der Waals surface area contributed by atoms with Crippen molar-refractivity contribution in [2.75, 3.05) is 26.2 Å². The van der Waals surface area contributed by atoms with Crippen molar-refractivity contribution in [2.45, 2.75) is 32.7 Å². The van der Waals surface area contributed by atoms with Crippen LogP contribution in [0.5, 0.6) is 0 Å². The van der Waals surface area contributed by atoms with Crippen LogP contribution >= 0.6 is 0 Å². The molecule has 2 N–H and O–H groups in total. The molecule has 22 heavy (non-hydrogen) atoms. The van der Waals surface area contributed by atoms with Crippen LogP contribution in [0.2, 0.25) is 0 Å². The van der Waals surface area contributed by atoms with E-state index in [1.54, 1.807) is 6.07 Å². The Labute approximate surface area is 130 Å². The van der Waals surface area contributed by atoms with Gasteiger partial charge in [-0.1, -0.05) is 0 Å². The van der Waals surface area contributed by atoms with Crippen molar-refractivity contribution >= 4 is 10.9 Å². The molecule has 3 heterocycles. The minimum Gasteiger partial charge on any atom is -0.357 e. The van der Waals surface area contributed by atoms with E-state index < -0.39 is 0 Å². The molecule has 0 saturated carbocycles. The Kier molecular flexibility index (Phi) is 3.46. The van der Waals surface area contributed by atoms with Crippen molar-refractivity contribution < 1.29 is 4.39 Å². The Morgan fingerprint density at radius 1 is 1.32 bits per heavy atom. The lowest BCUT2D eigenvalue weighted by molar-refractivity contribution is 0.0968. The maximum Gasteiger partial charge on any atom is 0.123 e. The van der Waals surface area contributed by atoms with Crippen molar-refractivity contribution in [3.8, 4) is 0 Å². The number of nitrogens with one attached hydrogen (secondary N) is 2. The number of nitrogens with zero attached hydrogens (tertiary/aromatic N) is 1. The molecule has 2 saturated heterocycles. The fourth-order valence-electron chi connectivity index (χ4n) is 4.33. The number of halogens is 1. The zero-order valence-electron chi connectivity index (χ0n) is 13.2. The largest absolute Gasteiger partial charge is 0.357 e. The molecule has 2 aliphatic rings. The molecule has 0 radical (unpaired) electrons. The van der Waals surface area contributed by atoms with Gasteiger partial charge in [0.2, 0.25) is 0 Å². The predicted molar refractivity (Wildman–Crippen MR) is 87.4 cm³/mol. The third-order valence-corrected chi connectivity index (χ3v) is 5.58. The van der Waals surface area contributed by atoms with E-state index >= 15 is 0 Å². The lowest BCUT2D eigenvalue weighted by Gasteiger charge is -2.40. The summed E-state index contributed by atoms with van der Waals surface area (Å²) in [6.45, 7) is 7.74. The van der Waals surface area contributed by atoms with Crippen molar-refractivity contribution in [1.29, 1.82) is 0 Å². The Bertz CT molecular complexity index is 685. The molecular weight excluding hydrogens is 277 g/mol. The van der Waals surface area contributed by atoms with Crippen LogP contribution in [0.3, 0.4) is 0 Å². The zero-order valence-corrected chi connectivity index (χ0v) is 13.2. The van der Waals surface area contributed by atoms with Crippen LogP contribution in [0, 0.1) is 18.2 Å². The summed E-state index contributed by atoms with van der Waals surface area (Å²) in [5.41, 5.74) is 3.97. The first-order chi connectivity index (χ1) is 10.7. The molecule has 0 aliphatic carbocycles. The monoisotopic (exact) mass is 301 g/mol. The van der Waals surface area contributed by atoms with Crippen molar-refractivity contribution in [3.63, 3.8) is 0 Å². The van der Waals surface area contributed by atoms with Gasteiger partial charge in [-0.05, 0) is 68.5 Å². The normalized spacial score (nSPS) is 26.3. The Hall–Kier alpha value is -1.39. The van der Waals surface area contributed by atoms with Gasteiger partial charge in [0.15, 0.2) is 0 Å². The van der Waals surface area contributed by atoms with Crippen LogP contribution in [-0.4, -0.2) is 36.1 Å². The number of aromatic nitrogens is 1. The molecule has 1 aromatic heterocycles. The standard InChI is InChI=1S/C18H24FN3/c1-13-15-9-14(19)3-4-16(15)21-17(13)10-22-8-2-5-18(12-22)6-7-20-11-18/h3-4,9,20-21H,2,5-8,10-12H2,1H3/t18-/m1/s1. The quantitative estimate of drug-likeness (QED) is 0.892. The summed E-state index contributed by atoms with van der Waals surface area (Å²) >= 11 is 0. The fourth-order valence-corrected chi connectivity index (χ4v) is 4.33. The maximum absolute atomic E-state index is 13.5. The molecule has 0 amide bonds. The lowest BCUT2D eigenvalue weighted by Crippen LogP contribution is -2.44. The minimum atomic E-state index is -0.157. The Morgan fingerprint density at radius 3 is 3.05 bits per heavy atom. The third kappa shape index (κ3) is 2.44. The smallest absolute Gasteiger partial charge is 0.123 e. The van der Waals surface area contributed by atoms with Gasteiger partial charge < -0.3 is 10.3 Å². The van der Waals surface area contributed by atoms with E-state index in [1.807, 2.05) is 6.07 Å². The molecule has 2 fully saturated rings. The molecule has 3 nitrogen and oxygen atoms in total. The number of H-pyrrole nitrogens is 1. The molecule has 4 rings (SSSR count). The molecule has 118 valence electrons. The van der Waals surface area contributed by atoms with E-state index in [0.29, 0.717) is 5.41 Å². The highest BCUT2D eigenvalue weighted by Crippen LogP contribution is 2.36. The Morgan fingerprint density at radius 2 is 2.23 bits per heavy atom. The second-order valence-electron chi connectivity index (χ2n) is 7.16. The number of rotatable bonds is 2. The van der Waals surface area contributed by atoms with Crippen molar-refractivity contribution in [2.24, 2.45) is 5.41 Å². The molecule has 1 aromatic carbocycles. The summed E-state index contributed by atoms with van der Waals surface area (Å²) in [4.78, 5) is 6.07. The van der Waals surface area contributed by atoms with Gasteiger partial charge in [-0.3, -0.25) is 4.90 Å². The highest BCUT2D eigenvalue weighted by molar-refractivity contribution is 5.84. The van der Waals surface area contributed by atoms with Crippen molar-refractivity contribution in [3.05, 3.63) is 35.3 Å². The van der Waals surface area contributed by atoms with E-state index in [1.165, 1.54) is 62.8 Å². The van der Waals surface area contributed by atoms with Crippen LogP contribution in [0.15, 0.2) is 18.2 Å². The highest BCUT2D eigenvalue weighted by atomic mass is 19.1. The van der Waals surface area contributed by atoms with E-state index in [4.69, 9.17) is 0 Å². The van der Waals surface area contributed by atoms with Gasteiger partial charge in [0.1, 0.15) is 5.82 Å². The second-order valence-corrected chi connectivity index (χ2v) is 7.16. The van der Waals surface area contributed by atoms with Gasteiger partial charge in [0.05, 0.1) is 0 Å². The first kappa shape index (κ1) is 14.2. The molecule has 1 spiro atoms. The van der Waals surface area contributed by atoms with Crippen LogP contribution < -0.4 is 5.32 Å². The van der Waals surface area contributed by atoms with Gasteiger partial charge in [-0.2, -0.15) is 0 Å². The van der Waals surface area contributed by atoms with Gasteiger partial charge in [-0.15, -0.1) is 0 Å². The van der Waals surface area contributed by atoms with Crippen LogP contribution in [0.4, 0.5) is 4.39 Å². The SMILES string of the molecule is Cc1c(CN2CCC[C@]3(CCNC3)C2)[nH]c2ccc(F)cc12. The van der Waals surface area contributed by atoms with E-state index in [2.05, 4.69) is 22.1 Å². The third-order valence-electron chi connectivity index (χ3n) is 5.58. The summed E-state index contributed by atoms with van der Waals surface area (Å²) in [6, 6.07) is 5.02. The van der Waals surface area contributed by atoms with Gasteiger partial charge in [0.25, 0.3) is 0 Å². The number of hydrogen-bond acceptors (Lipinski definition) is 2. The molecule has 2 aliphatic heterocycles. The predicted octanol–water partition coefficient (Wildman–Crippen LogP) is 3.19. The molecule has 1 atom stereocenters. The maximum atomic E-state index is 13.5. The molecule has 2 aromatic rings. The number of benzene rings is 1. The van der Waals surface area contributed by atoms with E-state index in [0.717, 1.165) is 17.4 Å². The topological polar surface area (TPSA) is 31.1 Å².